The molecule has 29 heavy (non-hydrogen) atoms. The van der Waals surface area contributed by atoms with E-state index in [-0.39, 0.29) is 17.2 Å². The van der Waals surface area contributed by atoms with Gasteiger partial charge in [-0.15, -0.1) is 0 Å². The quantitative estimate of drug-likeness (QED) is 0.817. The molecule has 8 heteroatoms. The number of amides is 1. The first kappa shape index (κ1) is 19.0. The van der Waals surface area contributed by atoms with Gasteiger partial charge >= 0.3 is 6.09 Å². The van der Waals surface area contributed by atoms with Gasteiger partial charge in [-0.2, -0.15) is 5.26 Å². The molecule has 1 aromatic rings. The SMILES string of the molecule is N#CC1=C(N)OC2=C(C(=O)CCC2)[C@H]1c1ccc(OC(=O)N2CCOCC2)cc1. The van der Waals surface area contributed by atoms with Crippen molar-refractivity contribution in [2.75, 3.05) is 26.3 Å². The second-order valence-corrected chi connectivity index (χ2v) is 7.07. The first-order chi connectivity index (χ1) is 14.1. The predicted molar refractivity (Wildman–Crippen MR) is 101 cm³/mol. The van der Waals surface area contributed by atoms with Crippen molar-refractivity contribution in [3.05, 3.63) is 52.6 Å². The number of Topliss-reactive ketones (excluding diaryl/α,β-unsaturated/α-hetero) is 1. The van der Waals surface area contributed by atoms with Crippen LogP contribution in [0.2, 0.25) is 0 Å². The number of hydrogen-bond acceptors (Lipinski definition) is 7. The molecular formula is C21H21N3O5. The van der Waals surface area contributed by atoms with Crippen molar-refractivity contribution < 1.29 is 23.8 Å². The molecule has 0 unspecified atom stereocenters. The van der Waals surface area contributed by atoms with E-state index in [2.05, 4.69) is 6.07 Å². The Labute approximate surface area is 168 Å². The van der Waals surface area contributed by atoms with Gasteiger partial charge in [0.2, 0.25) is 5.88 Å². The van der Waals surface area contributed by atoms with Crippen LogP contribution in [0.1, 0.15) is 30.7 Å². The molecule has 150 valence electrons. The van der Waals surface area contributed by atoms with E-state index in [0.29, 0.717) is 62.6 Å². The topological polar surface area (TPSA) is 115 Å². The van der Waals surface area contributed by atoms with E-state index in [9.17, 15) is 14.9 Å². The molecule has 0 bridgehead atoms. The van der Waals surface area contributed by atoms with Crippen LogP contribution in [0.5, 0.6) is 5.75 Å². The Morgan fingerprint density at radius 2 is 1.93 bits per heavy atom. The first-order valence-electron chi connectivity index (χ1n) is 9.56. The number of ether oxygens (including phenoxy) is 3. The lowest BCUT2D eigenvalue weighted by Crippen LogP contribution is -2.42. The molecule has 1 amide bonds. The van der Waals surface area contributed by atoms with Gasteiger partial charge in [0, 0.05) is 31.5 Å². The molecule has 3 aliphatic rings. The molecule has 1 aromatic carbocycles. The highest BCUT2D eigenvalue weighted by Crippen LogP contribution is 2.43. The molecule has 2 heterocycles. The van der Waals surface area contributed by atoms with Gasteiger partial charge in [0.05, 0.1) is 19.1 Å². The summed E-state index contributed by atoms with van der Waals surface area (Å²) in [6, 6.07) is 8.88. The number of ketones is 1. The van der Waals surface area contributed by atoms with Gasteiger partial charge in [0.25, 0.3) is 0 Å². The van der Waals surface area contributed by atoms with Crippen molar-refractivity contribution in [1.82, 2.24) is 4.90 Å². The summed E-state index contributed by atoms with van der Waals surface area (Å²) in [5.41, 5.74) is 7.40. The number of nitrogens with zero attached hydrogens (tertiary/aromatic N) is 2. The number of carbonyl (C=O) groups excluding carboxylic acids is 2. The predicted octanol–water partition coefficient (Wildman–Crippen LogP) is 2.33. The van der Waals surface area contributed by atoms with E-state index in [0.717, 1.165) is 5.56 Å². The fourth-order valence-corrected chi connectivity index (χ4v) is 3.83. The van der Waals surface area contributed by atoms with E-state index >= 15 is 0 Å². The second-order valence-electron chi connectivity index (χ2n) is 7.07. The van der Waals surface area contributed by atoms with E-state index in [4.69, 9.17) is 19.9 Å². The van der Waals surface area contributed by atoms with E-state index in [1.165, 1.54) is 0 Å². The molecule has 1 atom stereocenters. The molecule has 8 nitrogen and oxygen atoms in total. The number of hydrogen-bond donors (Lipinski definition) is 1. The van der Waals surface area contributed by atoms with Crippen LogP contribution in [0.25, 0.3) is 0 Å². The Morgan fingerprint density at radius 3 is 2.62 bits per heavy atom. The van der Waals surface area contributed by atoms with Crippen LogP contribution >= 0.6 is 0 Å². The van der Waals surface area contributed by atoms with E-state index in [1.54, 1.807) is 29.2 Å². The number of rotatable bonds is 2. The zero-order valence-electron chi connectivity index (χ0n) is 15.8. The normalized spacial score (nSPS) is 22.0. The number of morpholine rings is 1. The zero-order valence-corrected chi connectivity index (χ0v) is 15.8. The fraction of sp³-hybridized carbons (Fsp3) is 0.381. The van der Waals surface area contributed by atoms with Gasteiger partial charge in [-0.05, 0) is 24.1 Å². The highest BCUT2D eigenvalue weighted by molar-refractivity contribution is 5.99. The van der Waals surface area contributed by atoms with Crippen LogP contribution < -0.4 is 10.5 Å². The number of benzene rings is 1. The number of allylic oxidation sites excluding steroid dienone is 3. The van der Waals surface area contributed by atoms with Crippen LogP contribution in [-0.2, 0) is 14.3 Å². The molecular weight excluding hydrogens is 374 g/mol. The Kier molecular flexibility index (Phi) is 5.23. The van der Waals surface area contributed by atoms with Crippen LogP contribution in [-0.4, -0.2) is 43.1 Å². The Morgan fingerprint density at radius 1 is 1.21 bits per heavy atom. The average molecular weight is 395 g/mol. The minimum Gasteiger partial charge on any atom is -0.444 e. The summed E-state index contributed by atoms with van der Waals surface area (Å²) >= 11 is 0. The van der Waals surface area contributed by atoms with Gasteiger partial charge in [-0.1, -0.05) is 12.1 Å². The number of carbonyl (C=O) groups is 2. The van der Waals surface area contributed by atoms with Crippen LogP contribution in [0.3, 0.4) is 0 Å². The molecule has 0 spiro atoms. The lowest BCUT2D eigenvalue weighted by Gasteiger charge is -2.31. The van der Waals surface area contributed by atoms with Gasteiger partial charge in [0.15, 0.2) is 5.78 Å². The van der Waals surface area contributed by atoms with Crippen molar-refractivity contribution in [1.29, 1.82) is 5.26 Å². The van der Waals surface area contributed by atoms with Crippen molar-refractivity contribution >= 4 is 11.9 Å². The third-order valence-corrected chi connectivity index (χ3v) is 5.29. The summed E-state index contributed by atoms with van der Waals surface area (Å²) in [6.07, 6.45) is 1.32. The molecule has 2 N–H and O–H groups in total. The number of nitriles is 1. The molecule has 4 rings (SSSR count). The number of nitrogens with two attached hydrogens (primary N) is 1. The summed E-state index contributed by atoms with van der Waals surface area (Å²) in [5.74, 6) is 0.371. The molecule has 0 radical (unpaired) electrons. The summed E-state index contributed by atoms with van der Waals surface area (Å²) in [6.45, 7) is 1.98. The Hall–Kier alpha value is -3.31. The largest absolute Gasteiger partial charge is 0.444 e. The summed E-state index contributed by atoms with van der Waals surface area (Å²) in [5, 5.41) is 9.60. The van der Waals surface area contributed by atoms with Crippen molar-refractivity contribution in [3.63, 3.8) is 0 Å². The van der Waals surface area contributed by atoms with Gasteiger partial charge in [-0.3, -0.25) is 4.79 Å². The van der Waals surface area contributed by atoms with Gasteiger partial charge in [-0.25, -0.2) is 4.79 Å². The maximum absolute atomic E-state index is 12.6. The molecule has 0 aromatic heterocycles. The third kappa shape index (κ3) is 3.69. The summed E-state index contributed by atoms with van der Waals surface area (Å²) in [7, 11) is 0. The lowest BCUT2D eigenvalue weighted by atomic mass is 9.77. The summed E-state index contributed by atoms with van der Waals surface area (Å²) < 4.78 is 16.2. The minimum atomic E-state index is -0.569. The highest BCUT2D eigenvalue weighted by atomic mass is 16.6. The molecule has 1 saturated heterocycles. The Balaban J connectivity index is 1.59. The van der Waals surface area contributed by atoms with E-state index < -0.39 is 12.0 Å². The standard InChI is InChI=1S/C21H21N3O5/c22-12-15-18(19-16(25)2-1-3-17(19)29-20(15)23)13-4-6-14(7-5-13)28-21(26)24-8-10-27-11-9-24/h4-7,18H,1-3,8-11,23H2/t18-/m0/s1. The summed E-state index contributed by atoms with van der Waals surface area (Å²) in [4.78, 5) is 26.4. The maximum Gasteiger partial charge on any atom is 0.415 e. The minimum absolute atomic E-state index is 0.0284. The van der Waals surface area contributed by atoms with Crippen LogP contribution in [0, 0.1) is 11.3 Å². The van der Waals surface area contributed by atoms with Crippen molar-refractivity contribution in [2.24, 2.45) is 5.73 Å². The molecule has 2 aliphatic heterocycles. The molecule has 0 saturated carbocycles. The van der Waals surface area contributed by atoms with Crippen molar-refractivity contribution in [2.45, 2.75) is 25.2 Å². The lowest BCUT2D eigenvalue weighted by molar-refractivity contribution is -0.116. The monoisotopic (exact) mass is 395 g/mol. The first-order valence-corrected chi connectivity index (χ1v) is 9.56. The van der Waals surface area contributed by atoms with E-state index in [1.807, 2.05) is 0 Å². The van der Waals surface area contributed by atoms with Gasteiger partial charge < -0.3 is 24.8 Å². The van der Waals surface area contributed by atoms with Gasteiger partial charge in [0.1, 0.15) is 23.2 Å². The smallest absolute Gasteiger partial charge is 0.415 e. The molecule has 1 fully saturated rings. The fourth-order valence-electron chi connectivity index (χ4n) is 3.83. The zero-order chi connectivity index (χ0) is 20.4. The maximum atomic E-state index is 12.6. The van der Waals surface area contributed by atoms with Crippen LogP contribution in [0.4, 0.5) is 4.79 Å². The molecule has 1 aliphatic carbocycles. The highest BCUT2D eigenvalue weighted by Gasteiger charge is 2.37. The second kappa shape index (κ2) is 7.97. The average Bonchev–Trinajstić information content (AvgIpc) is 2.74. The van der Waals surface area contributed by atoms with Crippen molar-refractivity contribution in [3.8, 4) is 11.8 Å². The Bertz CT molecular complexity index is 936. The van der Waals surface area contributed by atoms with Crippen LogP contribution in [0.15, 0.2) is 47.1 Å². The third-order valence-electron chi connectivity index (χ3n) is 5.29.